The second-order valence-corrected chi connectivity index (χ2v) is 9.55. The molecule has 1 aromatic heterocycles. The molecule has 4 rings (SSSR count). The normalized spacial score (nSPS) is 11.1. The zero-order valence-electron chi connectivity index (χ0n) is 20.7. The van der Waals surface area contributed by atoms with Gasteiger partial charge in [0.15, 0.2) is 0 Å². The van der Waals surface area contributed by atoms with E-state index in [1.54, 1.807) is 4.68 Å². The molecule has 0 aliphatic carbocycles. The Morgan fingerprint density at radius 3 is 2.26 bits per heavy atom. The van der Waals surface area contributed by atoms with Crippen molar-refractivity contribution in [2.24, 2.45) is 0 Å². The van der Waals surface area contributed by atoms with Crippen molar-refractivity contribution in [2.45, 2.75) is 20.4 Å². The third-order valence-electron chi connectivity index (χ3n) is 6.12. The molecule has 0 fully saturated rings. The molecule has 35 heavy (non-hydrogen) atoms. The molecule has 0 bridgehead atoms. The van der Waals surface area contributed by atoms with E-state index in [9.17, 15) is 4.79 Å². The predicted octanol–water partition coefficient (Wildman–Crippen LogP) is 6.01. The Labute approximate surface area is 212 Å². The van der Waals surface area contributed by atoms with Crippen molar-refractivity contribution < 1.29 is 4.79 Å². The number of carbonyl (C=O) groups excluding carboxylic acids is 1. The highest BCUT2D eigenvalue weighted by Crippen LogP contribution is 2.26. The molecule has 0 N–H and O–H groups in total. The highest BCUT2D eigenvalue weighted by molar-refractivity contribution is 6.30. The number of carbonyl (C=O) groups is 1. The number of rotatable bonds is 8. The van der Waals surface area contributed by atoms with Crippen molar-refractivity contribution >= 4 is 17.5 Å². The summed E-state index contributed by atoms with van der Waals surface area (Å²) in [7, 11) is 4.03. The van der Waals surface area contributed by atoms with Crippen molar-refractivity contribution in [3.8, 4) is 16.9 Å². The van der Waals surface area contributed by atoms with Crippen LogP contribution in [0.5, 0.6) is 0 Å². The minimum atomic E-state index is -0.0618. The van der Waals surface area contributed by atoms with Crippen LogP contribution in [0.4, 0.5) is 0 Å². The number of nitrogens with zero attached hydrogens (tertiary/aromatic N) is 4. The molecule has 0 radical (unpaired) electrons. The highest BCUT2D eigenvalue weighted by atomic mass is 35.5. The lowest BCUT2D eigenvalue weighted by Gasteiger charge is -2.25. The molecule has 0 spiro atoms. The van der Waals surface area contributed by atoms with Gasteiger partial charge in [-0.3, -0.25) is 4.79 Å². The molecule has 5 nitrogen and oxygen atoms in total. The lowest BCUT2D eigenvalue weighted by Crippen LogP contribution is -2.37. The number of amides is 1. The maximum Gasteiger partial charge on any atom is 0.272 e. The van der Waals surface area contributed by atoms with Crippen molar-refractivity contribution in [3.05, 3.63) is 106 Å². The van der Waals surface area contributed by atoms with Crippen LogP contribution in [-0.2, 0) is 6.54 Å². The standard InChI is InChI=1S/C29H31ClN4O/c1-21-10-11-24(18-22(21)2)27-19-28(34(31-27)26-14-12-25(30)13-15-26)29(35)33(17-16-32(3)4)20-23-8-6-5-7-9-23/h5-15,18-19H,16-17,20H2,1-4H3. The van der Waals surface area contributed by atoms with Gasteiger partial charge in [-0.05, 0) is 81.0 Å². The van der Waals surface area contributed by atoms with E-state index < -0.39 is 0 Å². The van der Waals surface area contributed by atoms with Gasteiger partial charge in [0.1, 0.15) is 5.69 Å². The summed E-state index contributed by atoms with van der Waals surface area (Å²) in [5.41, 5.74) is 6.56. The van der Waals surface area contributed by atoms with Gasteiger partial charge < -0.3 is 9.80 Å². The van der Waals surface area contributed by atoms with Crippen molar-refractivity contribution in [3.63, 3.8) is 0 Å². The molecule has 0 saturated heterocycles. The largest absolute Gasteiger partial charge is 0.332 e. The number of benzene rings is 3. The number of halogens is 1. The molecule has 180 valence electrons. The fourth-order valence-corrected chi connectivity index (χ4v) is 4.02. The SMILES string of the molecule is Cc1ccc(-c2cc(C(=O)N(CCN(C)C)Cc3ccccc3)n(-c3ccc(Cl)cc3)n2)cc1C. The third kappa shape index (κ3) is 5.99. The van der Waals surface area contributed by atoms with Crippen LogP contribution in [-0.4, -0.2) is 52.7 Å². The number of aryl methyl sites for hydroxylation is 2. The van der Waals surface area contributed by atoms with E-state index in [4.69, 9.17) is 16.7 Å². The Bertz CT molecular complexity index is 1300. The first kappa shape index (κ1) is 24.7. The van der Waals surface area contributed by atoms with Crippen LogP contribution < -0.4 is 0 Å². The zero-order chi connectivity index (χ0) is 24.9. The Hall–Kier alpha value is -3.41. The molecule has 0 aliphatic heterocycles. The summed E-state index contributed by atoms with van der Waals surface area (Å²) in [4.78, 5) is 18.0. The van der Waals surface area contributed by atoms with Gasteiger partial charge in [0.05, 0.1) is 11.4 Å². The van der Waals surface area contributed by atoms with Gasteiger partial charge in [0.2, 0.25) is 0 Å². The fraction of sp³-hybridized carbons (Fsp3) is 0.241. The predicted molar refractivity (Wildman–Crippen MR) is 143 cm³/mol. The van der Waals surface area contributed by atoms with E-state index in [0.717, 1.165) is 29.1 Å². The maximum atomic E-state index is 14.0. The van der Waals surface area contributed by atoms with E-state index in [0.29, 0.717) is 23.8 Å². The van der Waals surface area contributed by atoms with Gasteiger partial charge in [0.25, 0.3) is 5.91 Å². The molecule has 1 amide bonds. The Morgan fingerprint density at radius 1 is 0.886 bits per heavy atom. The number of hydrogen-bond donors (Lipinski definition) is 0. The minimum absolute atomic E-state index is 0.0618. The van der Waals surface area contributed by atoms with Crippen LogP contribution in [0.3, 0.4) is 0 Å². The van der Waals surface area contributed by atoms with E-state index >= 15 is 0 Å². The third-order valence-corrected chi connectivity index (χ3v) is 6.37. The lowest BCUT2D eigenvalue weighted by molar-refractivity contribution is 0.0722. The topological polar surface area (TPSA) is 41.4 Å². The van der Waals surface area contributed by atoms with E-state index in [-0.39, 0.29) is 5.91 Å². The lowest BCUT2D eigenvalue weighted by atomic mass is 10.0. The number of aromatic nitrogens is 2. The van der Waals surface area contributed by atoms with Crippen LogP contribution in [0.15, 0.2) is 78.9 Å². The summed E-state index contributed by atoms with van der Waals surface area (Å²) in [6.07, 6.45) is 0. The number of likely N-dealkylation sites (N-methyl/N-ethyl adjacent to an activating group) is 1. The summed E-state index contributed by atoms with van der Waals surface area (Å²) in [6, 6.07) is 25.6. The van der Waals surface area contributed by atoms with Gasteiger partial charge in [-0.15, -0.1) is 0 Å². The van der Waals surface area contributed by atoms with Crippen LogP contribution in [0.1, 0.15) is 27.2 Å². The smallest absolute Gasteiger partial charge is 0.272 e. The highest BCUT2D eigenvalue weighted by Gasteiger charge is 2.23. The van der Waals surface area contributed by atoms with Gasteiger partial charge in [-0.2, -0.15) is 5.10 Å². The van der Waals surface area contributed by atoms with Crippen LogP contribution in [0.25, 0.3) is 16.9 Å². The molecule has 0 saturated carbocycles. The zero-order valence-corrected chi connectivity index (χ0v) is 21.5. The average Bonchev–Trinajstić information content (AvgIpc) is 3.29. The molecule has 3 aromatic carbocycles. The second kappa shape index (κ2) is 10.9. The van der Waals surface area contributed by atoms with Gasteiger partial charge >= 0.3 is 0 Å². The van der Waals surface area contributed by atoms with E-state index in [1.165, 1.54) is 11.1 Å². The van der Waals surface area contributed by atoms with E-state index in [2.05, 4.69) is 36.9 Å². The van der Waals surface area contributed by atoms with Gasteiger partial charge in [-0.1, -0.05) is 54.1 Å². The summed E-state index contributed by atoms with van der Waals surface area (Å²) < 4.78 is 1.73. The van der Waals surface area contributed by atoms with Crippen LogP contribution in [0, 0.1) is 13.8 Å². The molecular weight excluding hydrogens is 456 g/mol. The van der Waals surface area contributed by atoms with Crippen molar-refractivity contribution in [2.75, 3.05) is 27.2 Å². The Morgan fingerprint density at radius 2 is 1.60 bits per heavy atom. The summed E-state index contributed by atoms with van der Waals surface area (Å²) in [6.45, 7) is 6.07. The molecule has 0 unspecified atom stereocenters. The van der Waals surface area contributed by atoms with Gasteiger partial charge in [-0.25, -0.2) is 4.68 Å². The first-order valence-corrected chi connectivity index (χ1v) is 12.1. The van der Waals surface area contributed by atoms with E-state index in [1.807, 2.05) is 79.7 Å². The molecular formula is C29H31ClN4O. The molecule has 4 aromatic rings. The second-order valence-electron chi connectivity index (χ2n) is 9.12. The summed E-state index contributed by atoms with van der Waals surface area (Å²) in [5.74, 6) is -0.0618. The first-order valence-electron chi connectivity index (χ1n) is 11.7. The monoisotopic (exact) mass is 486 g/mol. The Balaban J connectivity index is 1.78. The van der Waals surface area contributed by atoms with Crippen LogP contribution in [0.2, 0.25) is 5.02 Å². The van der Waals surface area contributed by atoms with Crippen molar-refractivity contribution in [1.29, 1.82) is 0 Å². The first-order chi connectivity index (χ1) is 16.8. The molecule has 0 atom stereocenters. The molecule has 0 aliphatic rings. The fourth-order valence-electron chi connectivity index (χ4n) is 3.89. The molecule has 6 heteroatoms. The van der Waals surface area contributed by atoms with Crippen LogP contribution >= 0.6 is 11.6 Å². The quantitative estimate of drug-likeness (QED) is 0.306. The van der Waals surface area contributed by atoms with Gasteiger partial charge in [0, 0.05) is 30.2 Å². The Kier molecular flexibility index (Phi) is 7.69. The maximum absolute atomic E-state index is 14.0. The summed E-state index contributed by atoms with van der Waals surface area (Å²) in [5, 5.41) is 5.51. The summed E-state index contributed by atoms with van der Waals surface area (Å²) >= 11 is 6.14. The van der Waals surface area contributed by atoms with Crippen molar-refractivity contribution in [1.82, 2.24) is 19.6 Å². The average molecular weight is 487 g/mol. The molecule has 1 heterocycles. The minimum Gasteiger partial charge on any atom is -0.332 e. The number of hydrogen-bond acceptors (Lipinski definition) is 3.